The molecule has 1 aliphatic heterocycles. The van der Waals surface area contributed by atoms with E-state index in [2.05, 4.69) is 21.6 Å². The molecule has 0 saturated carbocycles. The Balaban J connectivity index is 2.14. The minimum absolute atomic E-state index is 0.384. The van der Waals surface area contributed by atoms with Crippen molar-refractivity contribution in [3.63, 3.8) is 0 Å². The van der Waals surface area contributed by atoms with Gasteiger partial charge in [0, 0.05) is 50.0 Å². The van der Waals surface area contributed by atoms with E-state index in [-0.39, 0.29) is 0 Å². The summed E-state index contributed by atoms with van der Waals surface area (Å²) >= 11 is 0. The summed E-state index contributed by atoms with van der Waals surface area (Å²) in [6, 6.07) is 0. The lowest BCUT2D eigenvalue weighted by atomic mass is 10.3. The van der Waals surface area contributed by atoms with E-state index < -0.39 is 9.24 Å². The molecule has 1 heterocycles. The molecular weight excluding hydrogens is 226 g/mol. The predicted octanol–water partition coefficient (Wildman–Crippen LogP) is -0.693. The summed E-state index contributed by atoms with van der Waals surface area (Å²) in [4.78, 5) is 4.47. The number of rotatable bonds is 4. The maximum Gasteiger partial charge on any atom is 0.297 e. The van der Waals surface area contributed by atoms with Gasteiger partial charge in [0.15, 0.2) is 0 Å². The van der Waals surface area contributed by atoms with Gasteiger partial charge in [-0.3, -0.25) is 4.90 Å². The van der Waals surface area contributed by atoms with Crippen molar-refractivity contribution >= 4 is 19.9 Å². The van der Waals surface area contributed by atoms with Gasteiger partial charge in [-0.25, -0.2) is 4.72 Å². The largest absolute Gasteiger partial charge is 0.304 e. The van der Waals surface area contributed by atoms with Gasteiger partial charge in [0.1, 0.15) is 0 Å². The van der Waals surface area contributed by atoms with Crippen LogP contribution in [0.25, 0.3) is 0 Å². The van der Waals surface area contributed by atoms with Gasteiger partial charge in [-0.1, -0.05) is 0 Å². The second kappa shape index (κ2) is 5.27. The average molecular weight is 242 g/mol. The molecule has 1 fully saturated rings. The SMILES string of the molecule is CN1CCN(CCNS(=O)(=O)Cl)CC1. The molecule has 0 unspecified atom stereocenters. The molecule has 0 spiro atoms. The molecular formula is C7H16ClN3O2S. The van der Waals surface area contributed by atoms with Crippen molar-refractivity contribution in [2.45, 2.75) is 0 Å². The van der Waals surface area contributed by atoms with Crippen LogP contribution >= 0.6 is 10.7 Å². The minimum Gasteiger partial charge on any atom is -0.304 e. The summed E-state index contributed by atoms with van der Waals surface area (Å²) in [5, 5.41) is 0. The summed E-state index contributed by atoms with van der Waals surface area (Å²) in [5.74, 6) is 0. The smallest absolute Gasteiger partial charge is 0.297 e. The molecule has 1 saturated heterocycles. The van der Waals surface area contributed by atoms with Crippen LogP contribution in [-0.4, -0.2) is 64.5 Å². The van der Waals surface area contributed by atoms with Gasteiger partial charge < -0.3 is 4.90 Å². The van der Waals surface area contributed by atoms with Gasteiger partial charge >= 0.3 is 0 Å². The highest BCUT2D eigenvalue weighted by Crippen LogP contribution is 1.98. The van der Waals surface area contributed by atoms with E-state index in [0.29, 0.717) is 6.54 Å². The van der Waals surface area contributed by atoms with Crippen LogP contribution in [0.1, 0.15) is 0 Å². The molecule has 1 aliphatic rings. The first kappa shape index (κ1) is 12.2. The van der Waals surface area contributed by atoms with Gasteiger partial charge in [-0.05, 0) is 7.05 Å². The third kappa shape index (κ3) is 5.11. The average Bonchev–Trinajstić information content (AvgIpc) is 2.06. The molecule has 0 radical (unpaired) electrons. The highest BCUT2D eigenvalue weighted by atomic mass is 35.7. The van der Waals surface area contributed by atoms with Crippen molar-refractivity contribution in [1.82, 2.24) is 14.5 Å². The van der Waals surface area contributed by atoms with E-state index in [0.717, 1.165) is 32.7 Å². The molecule has 1 N–H and O–H groups in total. The van der Waals surface area contributed by atoms with Crippen LogP contribution in [0.4, 0.5) is 0 Å². The zero-order valence-corrected chi connectivity index (χ0v) is 9.81. The number of likely N-dealkylation sites (N-methyl/N-ethyl adjacent to an activating group) is 1. The fourth-order valence-electron chi connectivity index (χ4n) is 1.40. The van der Waals surface area contributed by atoms with E-state index in [1.165, 1.54) is 0 Å². The van der Waals surface area contributed by atoms with Gasteiger partial charge in [-0.15, -0.1) is 0 Å². The lowest BCUT2D eigenvalue weighted by Crippen LogP contribution is -2.46. The van der Waals surface area contributed by atoms with Crippen molar-refractivity contribution in [3.8, 4) is 0 Å². The third-order valence-electron chi connectivity index (χ3n) is 2.30. The van der Waals surface area contributed by atoms with Crippen molar-refractivity contribution < 1.29 is 8.42 Å². The van der Waals surface area contributed by atoms with Crippen LogP contribution < -0.4 is 4.72 Å². The molecule has 0 amide bonds. The Labute approximate surface area is 89.6 Å². The Morgan fingerprint density at radius 2 is 1.86 bits per heavy atom. The molecule has 0 aromatic heterocycles. The standard InChI is InChI=1S/C7H16ClN3O2S/c1-10-4-6-11(7-5-10)3-2-9-14(8,12)13/h9H,2-7H2,1H3. The van der Waals surface area contributed by atoms with Crippen molar-refractivity contribution in [1.29, 1.82) is 0 Å². The number of hydrogen-bond acceptors (Lipinski definition) is 4. The molecule has 0 aromatic rings. The highest BCUT2D eigenvalue weighted by molar-refractivity contribution is 8.12. The van der Waals surface area contributed by atoms with Gasteiger partial charge in [0.05, 0.1) is 0 Å². The van der Waals surface area contributed by atoms with Gasteiger partial charge in [-0.2, -0.15) is 8.42 Å². The highest BCUT2D eigenvalue weighted by Gasteiger charge is 2.13. The minimum atomic E-state index is -3.55. The molecule has 0 atom stereocenters. The Kier molecular flexibility index (Phi) is 4.59. The van der Waals surface area contributed by atoms with Crippen molar-refractivity contribution in [2.75, 3.05) is 46.3 Å². The van der Waals surface area contributed by atoms with Crippen LogP contribution in [-0.2, 0) is 9.24 Å². The summed E-state index contributed by atoms with van der Waals surface area (Å²) < 4.78 is 23.4. The number of hydrogen-bond donors (Lipinski definition) is 1. The number of nitrogens with zero attached hydrogens (tertiary/aromatic N) is 2. The van der Waals surface area contributed by atoms with E-state index in [1.807, 2.05) is 0 Å². The first-order chi connectivity index (χ1) is 6.47. The first-order valence-corrected chi connectivity index (χ1v) is 6.88. The third-order valence-corrected chi connectivity index (χ3v) is 3.17. The molecule has 0 aromatic carbocycles. The second-order valence-electron chi connectivity index (χ2n) is 3.48. The molecule has 1 rings (SSSR count). The molecule has 5 nitrogen and oxygen atoms in total. The monoisotopic (exact) mass is 241 g/mol. The lowest BCUT2D eigenvalue weighted by Gasteiger charge is -2.32. The van der Waals surface area contributed by atoms with Crippen LogP contribution in [0.15, 0.2) is 0 Å². The number of nitrogens with one attached hydrogen (secondary N) is 1. The summed E-state index contributed by atoms with van der Waals surface area (Å²) in [6.45, 7) is 5.15. The zero-order valence-electron chi connectivity index (χ0n) is 8.24. The Bertz CT molecular complexity index is 262. The summed E-state index contributed by atoms with van der Waals surface area (Å²) in [7, 11) is 3.54. The topological polar surface area (TPSA) is 52.6 Å². The van der Waals surface area contributed by atoms with E-state index in [1.54, 1.807) is 0 Å². The van der Waals surface area contributed by atoms with Crippen LogP contribution in [0.3, 0.4) is 0 Å². The fourth-order valence-corrected chi connectivity index (χ4v) is 1.96. The number of piperazine rings is 1. The van der Waals surface area contributed by atoms with E-state index in [9.17, 15) is 8.42 Å². The zero-order chi connectivity index (χ0) is 10.6. The molecule has 0 aliphatic carbocycles. The molecule has 7 heteroatoms. The Morgan fingerprint density at radius 1 is 1.29 bits per heavy atom. The normalized spacial score (nSPS) is 21.3. The van der Waals surface area contributed by atoms with E-state index >= 15 is 0 Å². The molecule has 84 valence electrons. The number of halogens is 1. The Hall–Kier alpha value is 0.120. The maximum atomic E-state index is 10.6. The van der Waals surface area contributed by atoms with Crippen LogP contribution in [0.2, 0.25) is 0 Å². The van der Waals surface area contributed by atoms with Gasteiger partial charge in [0.2, 0.25) is 0 Å². The quantitative estimate of drug-likeness (QED) is 0.662. The van der Waals surface area contributed by atoms with E-state index in [4.69, 9.17) is 10.7 Å². The molecule has 14 heavy (non-hydrogen) atoms. The maximum absolute atomic E-state index is 10.6. The fraction of sp³-hybridized carbons (Fsp3) is 1.00. The van der Waals surface area contributed by atoms with Crippen LogP contribution in [0.5, 0.6) is 0 Å². The lowest BCUT2D eigenvalue weighted by molar-refractivity contribution is 0.156. The summed E-state index contributed by atoms with van der Waals surface area (Å²) in [6.07, 6.45) is 0. The van der Waals surface area contributed by atoms with Crippen molar-refractivity contribution in [3.05, 3.63) is 0 Å². The Morgan fingerprint density at radius 3 is 2.36 bits per heavy atom. The molecule has 0 bridgehead atoms. The predicted molar refractivity (Wildman–Crippen MR) is 56.7 cm³/mol. The van der Waals surface area contributed by atoms with Gasteiger partial charge in [0.25, 0.3) is 9.24 Å². The summed E-state index contributed by atoms with van der Waals surface area (Å²) in [5.41, 5.74) is 0. The first-order valence-electron chi connectivity index (χ1n) is 4.57. The van der Waals surface area contributed by atoms with Crippen LogP contribution in [0, 0.1) is 0 Å². The second-order valence-corrected chi connectivity index (χ2v) is 5.86. The van der Waals surface area contributed by atoms with Crippen molar-refractivity contribution in [2.24, 2.45) is 0 Å².